The zero-order chi connectivity index (χ0) is 13.8. The topological polar surface area (TPSA) is 73.6 Å². The van der Waals surface area contributed by atoms with Gasteiger partial charge in [0.1, 0.15) is 0 Å². The highest BCUT2D eigenvalue weighted by molar-refractivity contribution is 5.81. The van der Waals surface area contributed by atoms with Crippen LogP contribution in [-0.4, -0.2) is 45.4 Å². The molecular weight excluding hydrogens is 232 g/mol. The summed E-state index contributed by atoms with van der Waals surface area (Å²) >= 11 is 0. The van der Waals surface area contributed by atoms with Gasteiger partial charge < -0.3 is 20.5 Å². The Bertz CT molecular complexity index is 210. The number of amides is 1. The third-order valence-electron chi connectivity index (χ3n) is 2.42. The molecule has 1 amide bonds. The molecule has 0 aliphatic heterocycles. The maximum Gasteiger partial charge on any atom is 0.236 e. The third kappa shape index (κ3) is 10.5. The Kier molecular flexibility index (Phi) is 11.0. The van der Waals surface area contributed by atoms with Gasteiger partial charge in [-0.25, -0.2) is 0 Å². The third-order valence-corrected chi connectivity index (χ3v) is 2.42. The second kappa shape index (κ2) is 11.4. The summed E-state index contributed by atoms with van der Waals surface area (Å²) in [5, 5.41) is 2.81. The van der Waals surface area contributed by atoms with Crippen LogP contribution in [0.3, 0.4) is 0 Å². The van der Waals surface area contributed by atoms with E-state index in [9.17, 15) is 4.79 Å². The van der Waals surface area contributed by atoms with Crippen LogP contribution in [0.1, 0.15) is 33.1 Å². The van der Waals surface area contributed by atoms with E-state index in [0.29, 0.717) is 32.1 Å². The Morgan fingerprint density at radius 3 is 2.61 bits per heavy atom. The summed E-state index contributed by atoms with van der Waals surface area (Å²) in [5.41, 5.74) is 5.74. The second-order valence-corrected chi connectivity index (χ2v) is 4.85. The van der Waals surface area contributed by atoms with Gasteiger partial charge in [0.25, 0.3) is 0 Å². The van der Waals surface area contributed by atoms with Gasteiger partial charge in [0, 0.05) is 33.5 Å². The lowest BCUT2D eigenvalue weighted by molar-refractivity contribution is -0.122. The quantitative estimate of drug-likeness (QED) is 0.542. The lowest BCUT2D eigenvalue weighted by Crippen LogP contribution is -2.41. The predicted molar refractivity (Wildman–Crippen MR) is 72.4 cm³/mol. The maximum absolute atomic E-state index is 11.6. The smallest absolute Gasteiger partial charge is 0.236 e. The average Bonchev–Trinajstić information content (AvgIpc) is 2.33. The summed E-state index contributed by atoms with van der Waals surface area (Å²) in [6.07, 6.45) is 2.29. The molecule has 0 saturated heterocycles. The van der Waals surface area contributed by atoms with Crippen molar-refractivity contribution in [2.24, 2.45) is 11.7 Å². The van der Waals surface area contributed by atoms with Gasteiger partial charge in [-0.05, 0) is 25.2 Å². The minimum absolute atomic E-state index is 0.0880. The van der Waals surface area contributed by atoms with Crippen LogP contribution in [0.25, 0.3) is 0 Å². The largest absolute Gasteiger partial charge is 0.385 e. The van der Waals surface area contributed by atoms with E-state index in [-0.39, 0.29) is 5.91 Å². The van der Waals surface area contributed by atoms with E-state index in [1.54, 1.807) is 7.11 Å². The van der Waals surface area contributed by atoms with Crippen LogP contribution >= 0.6 is 0 Å². The van der Waals surface area contributed by atoms with Crippen molar-refractivity contribution < 1.29 is 14.3 Å². The number of rotatable bonds is 11. The van der Waals surface area contributed by atoms with E-state index < -0.39 is 6.04 Å². The average molecular weight is 260 g/mol. The number of hydrogen-bond donors (Lipinski definition) is 2. The fourth-order valence-electron chi connectivity index (χ4n) is 1.41. The number of ether oxygens (including phenoxy) is 2. The van der Waals surface area contributed by atoms with Gasteiger partial charge in [-0.2, -0.15) is 0 Å². The highest BCUT2D eigenvalue weighted by Crippen LogP contribution is 1.96. The molecule has 0 heterocycles. The molecule has 0 fully saturated rings. The molecule has 0 aliphatic carbocycles. The van der Waals surface area contributed by atoms with Crippen LogP contribution in [0.2, 0.25) is 0 Å². The van der Waals surface area contributed by atoms with Crippen molar-refractivity contribution in [2.75, 3.05) is 33.5 Å². The van der Waals surface area contributed by atoms with Crippen LogP contribution in [0, 0.1) is 5.92 Å². The highest BCUT2D eigenvalue weighted by atomic mass is 16.5. The number of methoxy groups -OCH3 is 1. The fraction of sp³-hybridized carbons (Fsp3) is 0.923. The number of carbonyl (C=O) groups is 1. The van der Waals surface area contributed by atoms with E-state index in [4.69, 9.17) is 15.2 Å². The molecule has 0 aliphatic rings. The van der Waals surface area contributed by atoms with Crippen LogP contribution < -0.4 is 11.1 Å². The van der Waals surface area contributed by atoms with Crippen molar-refractivity contribution >= 4 is 5.91 Å². The first kappa shape index (κ1) is 17.4. The van der Waals surface area contributed by atoms with Crippen molar-refractivity contribution in [1.82, 2.24) is 5.32 Å². The molecule has 5 nitrogen and oxygen atoms in total. The summed E-state index contributed by atoms with van der Waals surface area (Å²) in [6, 6.07) is -0.434. The second-order valence-electron chi connectivity index (χ2n) is 4.85. The molecule has 3 N–H and O–H groups in total. The maximum atomic E-state index is 11.6. The lowest BCUT2D eigenvalue weighted by atomic mass is 10.1. The number of carbonyl (C=O) groups excluding carboxylic acids is 1. The van der Waals surface area contributed by atoms with E-state index in [0.717, 1.165) is 19.4 Å². The predicted octanol–water partition coefficient (Wildman–Crippen LogP) is 0.919. The standard InChI is InChI=1S/C13H28N2O3/c1-11(2)10-18-9-5-7-15-13(16)12(14)6-4-8-17-3/h11-12H,4-10,14H2,1-3H3,(H,15,16). The lowest BCUT2D eigenvalue weighted by Gasteiger charge is -2.12. The van der Waals surface area contributed by atoms with E-state index >= 15 is 0 Å². The van der Waals surface area contributed by atoms with Crippen LogP contribution in [0.5, 0.6) is 0 Å². The Balaban J connectivity index is 3.40. The molecule has 0 aromatic carbocycles. The minimum Gasteiger partial charge on any atom is -0.385 e. The van der Waals surface area contributed by atoms with Gasteiger partial charge >= 0.3 is 0 Å². The SMILES string of the molecule is COCCCC(N)C(=O)NCCCOCC(C)C. The summed E-state index contributed by atoms with van der Waals surface area (Å²) in [5.74, 6) is 0.462. The zero-order valence-corrected chi connectivity index (χ0v) is 11.9. The van der Waals surface area contributed by atoms with E-state index in [1.165, 1.54) is 0 Å². The van der Waals surface area contributed by atoms with Crippen LogP contribution in [-0.2, 0) is 14.3 Å². The number of hydrogen-bond acceptors (Lipinski definition) is 4. The van der Waals surface area contributed by atoms with Crippen molar-refractivity contribution in [1.29, 1.82) is 0 Å². The molecule has 1 unspecified atom stereocenters. The molecule has 0 aromatic rings. The van der Waals surface area contributed by atoms with Crippen LogP contribution in [0.15, 0.2) is 0 Å². The van der Waals surface area contributed by atoms with Gasteiger partial charge in [0.15, 0.2) is 0 Å². The number of nitrogens with two attached hydrogens (primary N) is 1. The molecule has 108 valence electrons. The molecule has 1 atom stereocenters. The van der Waals surface area contributed by atoms with Crippen molar-refractivity contribution in [3.05, 3.63) is 0 Å². The zero-order valence-electron chi connectivity index (χ0n) is 11.9. The fourth-order valence-corrected chi connectivity index (χ4v) is 1.41. The normalized spacial score (nSPS) is 12.7. The Morgan fingerprint density at radius 2 is 2.00 bits per heavy atom. The molecular formula is C13H28N2O3. The minimum atomic E-state index is -0.434. The van der Waals surface area contributed by atoms with E-state index in [2.05, 4.69) is 19.2 Å². The molecule has 0 saturated carbocycles. The highest BCUT2D eigenvalue weighted by Gasteiger charge is 2.11. The van der Waals surface area contributed by atoms with Gasteiger partial charge in [-0.15, -0.1) is 0 Å². The monoisotopic (exact) mass is 260 g/mol. The van der Waals surface area contributed by atoms with E-state index in [1.807, 2.05) is 0 Å². The molecule has 0 bridgehead atoms. The first-order chi connectivity index (χ1) is 8.57. The summed E-state index contributed by atoms with van der Waals surface area (Å²) in [7, 11) is 1.64. The Hall–Kier alpha value is -0.650. The van der Waals surface area contributed by atoms with Crippen molar-refractivity contribution in [2.45, 2.75) is 39.2 Å². The summed E-state index contributed by atoms with van der Waals surface area (Å²) in [6.45, 7) is 6.93. The van der Waals surface area contributed by atoms with Crippen LogP contribution in [0.4, 0.5) is 0 Å². The summed E-state index contributed by atoms with van der Waals surface area (Å²) in [4.78, 5) is 11.6. The molecule has 18 heavy (non-hydrogen) atoms. The molecule has 5 heteroatoms. The van der Waals surface area contributed by atoms with Gasteiger partial charge in [-0.1, -0.05) is 13.8 Å². The number of nitrogens with one attached hydrogen (secondary N) is 1. The molecule has 0 aromatic heterocycles. The molecule has 0 radical (unpaired) electrons. The Morgan fingerprint density at radius 1 is 1.28 bits per heavy atom. The van der Waals surface area contributed by atoms with Crippen molar-refractivity contribution in [3.8, 4) is 0 Å². The summed E-state index contributed by atoms with van der Waals surface area (Å²) < 4.78 is 10.3. The van der Waals surface area contributed by atoms with Gasteiger partial charge in [0.05, 0.1) is 6.04 Å². The van der Waals surface area contributed by atoms with Crippen molar-refractivity contribution in [3.63, 3.8) is 0 Å². The first-order valence-electron chi connectivity index (χ1n) is 6.68. The first-order valence-corrected chi connectivity index (χ1v) is 6.68. The molecule has 0 spiro atoms. The molecule has 0 rings (SSSR count). The van der Waals surface area contributed by atoms with Gasteiger partial charge in [0.2, 0.25) is 5.91 Å². The van der Waals surface area contributed by atoms with Gasteiger partial charge in [-0.3, -0.25) is 4.79 Å². The Labute approximate surface area is 110 Å².